The van der Waals surface area contributed by atoms with E-state index >= 15 is 0 Å². The van der Waals surface area contributed by atoms with Crippen LogP contribution in [0.1, 0.15) is 27.9 Å². The molecule has 2 heteroatoms. The summed E-state index contributed by atoms with van der Waals surface area (Å²) in [4.78, 5) is 11.7. The molecule has 2 nitrogen and oxygen atoms in total. The molecule has 1 aromatic rings. The fraction of sp³-hybridized carbons (Fsp3) is 0.308. The number of hydrogen-bond acceptors (Lipinski definition) is 1. The summed E-state index contributed by atoms with van der Waals surface area (Å²) in [6.07, 6.45) is 2.60. The number of amides is 1. The van der Waals surface area contributed by atoms with Crippen molar-refractivity contribution in [1.82, 2.24) is 5.32 Å². The summed E-state index contributed by atoms with van der Waals surface area (Å²) < 4.78 is 0. The van der Waals surface area contributed by atoms with Gasteiger partial charge in [0.05, 0.1) is 0 Å². The van der Waals surface area contributed by atoms with Gasteiger partial charge in [0.2, 0.25) is 0 Å². The highest BCUT2D eigenvalue weighted by Gasteiger charge is 2.07. The molecule has 0 aliphatic carbocycles. The standard InChI is InChI=1S/C13H17NO/c1-4-5-8-14-13(15)12-9-10(2)6-7-11(12)3/h4,6-7,9H,1,5,8H2,2-3H3,(H,14,15). The molecule has 0 heterocycles. The second-order valence-electron chi connectivity index (χ2n) is 3.65. The number of rotatable bonds is 4. The number of nitrogens with one attached hydrogen (secondary N) is 1. The zero-order chi connectivity index (χ0) is 11.3. The first-order chi connectivity index (χ1) is 7.15. The second-order valence-corrected chi connectivity index (χ2v) is 3.65. The number of benzene rings is 1. The molecule has 0 radical (unpaired) electrons. The Morgan fingerprint density at radius 2 is 2.20 bits per heavy atom. The van der Waals surface area contributed by atoms with E-state index in [2.05, 4.69) is 11.9 Å². The summed E-state index contributed by atoms with van der Waals surface area (Å²) in [6.45, 7) is 8.19. The lowest BCUT2D eigenvalue weighted by atomic mass is 10.1. The van der Waals surface area contributed by atoms with Gasteiger partial charge in [-0.25, -0.2) is 0 Å². The molecule has 0 saturated heterocycles. The summed E-state index contributed by atoms with van der Waals surface area (Å²) in [6, 6.07) is 5.90. The van der Waals surface area contributed by atoms with Gasteiger partial charge in [-0.1, -0.05) is 23.8 Å². The fourth-order valence-electron chi connectivity index (χ4n) is 1.36. The third kappa shape index (κ3) is 3.24. The van der Waals surface area contributed by atoms with Crippen molar-refractivity contribution in [1.29, 1.82) is 0 Å². The molecule has 0 aliphatic heterocycles. The van der Waals surface area contributed by atoms with Gasteiger partial charge in [-0.2, -0.15) is 0 Å². The van der Waals surface area contributed by atoms with Gasteiger partial charge in [-0.05, 0) is 31.9 Å². The maximum atomic E-state index is 11.7. The van der Waals surface area contributed by atoms with E-state index in [1.54, 1.807) is 6.08 Å². The molecule has 0 saturated carbocycles. The lowest BCUT2D eigenvalue weighted by Gasteiger charge is -2.07. The van der Waals surface area contributed by atoms with E-state index in [0.717, 1.165) is 23.1 Å². The predicted octanol–water partition coefficient (Wildman–Crippen LogP) is 2.61. The van der Waals surface area contributed by atoms with E-state index in [4.69, 9.17) is 0 Å². The molecule has 0 fully saturated rings. The molecule has 1 aromatic carbocycles. The van der Waals surface area contributed by atoms with Crippen LogP contribution in [-0.2, 0) is 0 Å². The van der Waals surface area contributed by atoms with Crippen molar-refractivity contribution in [2.24, 2.45) is 0 Å². The Labute approximate surface area is 91.0 Å². The molecule has 1 rings (SSSR count). The highest BCUT2D eigenvalue weighted by atomic mass is 16.1. The topological polar surface area (TPSA) is 29.1 Å². The van der Waals surface area contributed by atoms with Gasteiger partial charge in [-0.15, -0.1) is 6.58 Å². The highest BCUT2D eigenvalue weighted by molar-refractivity contribution is 5.95. The van der Waals surface area contributed by atoms with Crippen LogP contribution in [0, 0.1) is 13.8 Å². The molecule has 0 aliphatic rings. The van der Waals surface area contributed by atoms with E-state index in [0.29, 0.717) is 6.54 Å². The second kappa shape index (κ2) is 5.35. The Balaban J connectivity index is 2.72. The molecular formula is C13H17NO. The van der Waals surface area contributed by atoms with Crippen molar-refractivity contribution in [2.45, 2.75) is 20.3 Å². The summed E-state index contributed by atoms with van der Waals surface area (Å²) in [5.41, 5.74) is 2.88. The van der Waals surface area contributed by atoms with E-state index in [9.17, 15) is 4.79 Å². The van der Waals surface area contributed by atoms with Crippen LogP contribution in [0.4, 0.5) is 0 Å². The summed E-state index contributed by atoms with van der Waals surface area (Å²) in [7, 11) is 0. The Morgan fingerprint density at radius 1 is 1.47 bits per heavy atom. The maximum absolute atomic E-state index is 11.7. The summed E-state index contributed by atoms with van der Waals surface area (Å²) in [5.74, 6) is -0.00181. The van der Waals surface area contributed by atoms with E-state index in [1.807, 2.05) is 32.0 Å². The van der Waals surface area contributed by atoms with Crippen molar-refractivity contribution in [2.75, 3.05) is 6.54 Å². The van der Waals surface area contributed by atoms with Gasteiger partial charge in [0.25, 0.3) is 5.91 Å². The first-order valence-electron chi connectivity index (χ1n) is 5.11. The molecular weight excluding hydrogens is 186 g/mol. The summed E-state index contributed by atoms with van der Waals surface area (Å²) >= 11 is 0. The average Bonchev–Trinajstić information content (AvgIpc) is 2.22. The highest BCUT2D eigenvalue weighted by Crippen LogP contribution is 2.10. The first kappa shape index (κ1) is 11.5. The van der Waals surface area contributed by atoms with Crippen LogP contribution < -0.4 is 5.32 Å². The monoisotopic (exact) mass is 203 g/mol. The predicted molar refractivity (Wildman–Crippen MR) is 63.1 cm³/mol. The van der Waals surface area contributed by atoms with Gasteiger partial charge in [0, 0.05) is 12.1 Å². The quantitative estimate of drug-likeness (QED) is 0.591. The van der Waals surface area contributed by atoms with Crippen molar-refractivity contribution >= 4 is 5.91 Å². The lowest BCUT2D eigenvalue weighted by Crippen LogP contribution is -2.24. The SMILES string of the molecule is C=CCCNC(=O)c1cc(C)ccc1C. The molecule has 0 atom stereocenters. The molecule has 1 amide bonds. The Bertz CT molecular complexity index is 369. The first-order valence-corrected chi connectivity index (χ1v) is 5.11. The van der Waals surface area contributed by atoms with Crippen LogP contribution in [0.3, 0.4) is 0 Å². The van der Waals surface area contributed by atoms with Crippen molar-refractivity contribution in [3.05, 3.63) is 47.5 Å². The molecule has 0 bridgehead atoms. The third-order valence-electron chi connectivity index (χ3n) is 2.27. The van der Waals surface area contributed by atoms with Crippen molar-refractivity contribution in [3.8, 4) is 0 Å². The van der Waals surface area contributed by atoms with Gasteiger partial charge >= 0.3 is 0 Å². The fourth-order valence-corrected chi connectivity index (χ4v) is 1.36. The minimum Gasteiger partial charge on any atom is -0.352 e. The minimum atomic E-state index is -0.00181. The van der Waals surface area contributed by atoms with Gasteiger partial charge in [-0.3, -0.25) is 4.79 Å². The molecule has 0 spiro atoms. The van der Waals surface area contributed by atoms with E-state index in [-0.39, 0.29) is 5.91 Å². The Kier molecular flexibility index (Phi) is 4.10. The van der Waals surface area contributed by atoms with Crippen LogP contribution in [0.5, 0.6) is 0 Å². The zero-order valence-electron chi connectivity index (χ0n) is 9.34. The third-order valence-corrected chi connectivity index (χ3v) is 2.27. The minimum absolute atomic E-state index is 0.00181. The Morgan fingerprint density at radius 3 is 2.87 bits per heavy atom. The van der Waals surface area contributed by atoms with Crippen LogP contribution in [0.15, 0.2) is 30.9 Å². The van der Waals surface area contributed by atoms with Crippen molar-refractivity contribution < 1.29 is 4.79 Å². The van der Waals surface area contributed by atoms with Crippen LogP contribution in [0.25, 0.3) is 0 Å². The van der Waals surface area contributed by atoms with Crippen LogP contribution >= 0.6 is 0 Å². The van der Waals surface area contributed by atoms with Gasteiger partial charge in [0.1, 0.15) is 0 Å². The zero-order valence-corrected chi connectivity index (χ0v) is 9.34. The number of carbonyl (C=O) groups excluding carboxylic acids is 1. The van der Waals surface area contributed by atoms with Crippen molar-refractivity contribution in [3.63, 3.8) is 0 Å². The molecule has 15 heavy (non-hydrogen) atoms. The Hall–Kier alpha value is -1.57. The largest absolute Gasteiger partial charge is 0.352 e. The summed E-state index contributed by atoms with van der Waals surface area (Å²) in [5, 5.41) is 2.86. The smallest absolute Gasteiger partial charge is 0.251 e. The number of hydrogen-bond donors (Lipinski definition) is 1. The average molecular weight is 203 g/mol. The molecule has 1 N–H and O–H groups in total. The number of carbonyl (C=O) groups is 1. The normalized spacial score (nSPS) is 9.73. The molecule has 0 unspecified atom stereocenters. The number of aryl methyl sites for hydroxylation is 2. The van der Waals surface area contributed by atoms with Crippen LogP contribution in [0.2, 0.25) is 0 Å². The van der Waals surface area contributed by atoms with Gasteiger partial charge < -0.3 is 5.32 Å². The lowest BCUT2D eigenvalue weighted by molar-refractivity contribution is 0.0953. The maximum Gasteiger partial charge on any atom is 0.251 e. The van der Waals surface area contributed by atoms with Gasteiger partial charge in [0.15, 0.2) is 0 Å². The van der Waals surface area contributed by atoms with Crippen LogP contribution in [-0.4, -0.2) is 12.5 Å². The molecule has 0 aromatic heterocycles. The van der Waals surface area contributed by atoms with E-state index < -0.39 is 0 Å². The molecule has 80 valence electrons. The van der Waals surface area contributed by atoms with E-state index in [1.165, 1.54) is 0 Å².